The summed E-state index contributed by atoms with van der Waals surface area (Å²) in [7, 11) is 1.34. The molecule has 0 aliphatic rings. The van der Waals surface area contributed by atoms with Crippen molar-refractivity contribution in [3.63, 3.8) is 0 Å². The summed E-state index contributed by atoms with van der Waals surface area (Å²) in [5.74, 6) is 0.426. The molecule has 1 heterocycles. The molecule has 1 amide bonds. The van der Waals surface area contributed by atoms with Crippen molar-refractivity contribution in [3.05, 3.63) is 69.6 Å². The Hall–Kier alpha value is -3.75. The largest absolute Gasteiger partial charge is 0.490 e. The Labute approximate surface area is 167 Å². The van der Waals surface area contributed by atoms with Gasteiger partial charge in [-0.3, -0.25) is 14.9 Å². The molecule has 3 aromatic rings. The van der Waals surface area contributed by atoms with E-state index in [1.165, 1.54) is 30.2 Å². The molecule has 0 saturated carbocycles. The molecule has 2 aromatic carbocycles. The molecule has 1 aromatic heterocycles. The van der Waals surface area contributed by atoms with E-state index in [0.29, 0.717) is 12.4 Å². The van der Waals surface area contributed by atoms with Crippen LogP contribution in [-0.4, -0.2) is 39.5 Å². The number of benzene rings is 2. The molecule has 150 valence electrons. The number of rotatable bonds is 7. The minimum absolute atomic E-state index is 0.0912. The van der Waals surface area contributed by atoms with Crippen molar-refractivity contribution >= 4 is 11.6 Å². The molecule has 0 bridgehead atoms. The van der Waals surface area contributed by atoms with Gasteiger partial charge >= 0.3 is 5.69 Å². The summed E-state index contributed by atoms with van der Waals surface area (Å²) in [6.45, 7) is 4.22. The first-order valence-corrected chi connectivity index (χ1v) is 8.94. The summed E-state index contributed by atoms with van der Waals surface area (Å²) in [5, 5.41) is 15.2. The van der Waals surface area contributed by atoms with Crippen LogP contribution in [0.2, 0.25) is 0 Å². The Morgan fingerprint density at radius 1 is 1.28 bits per heavy atom. The van der Waals surface area contributed by atoms with Crippen LogP contribution in [0.15, 0.2) is 47.0 Å². The number of hydrogen-bond acceptors (Lipinski definition) is 7. The molecule has 0 radical (unpaired) electrons. The van der Waals surface area contributed by atoms with Gasteiger partial charge in [-0.1, -0.05) is 28.9 Å². The maximum atomic E-state index is 12.8. The summed E-state index contributed by atoms with van der Waals surface area (Å²) in [6.07, 6.45) is 0. The fraction of sp³-hybridized carbons (Fsp3) is 0.250. The van der Waals surface area contributed by atoms with E-state index in [0.717, 1.165) is 11.1 Å². The van der Waals surface area contributed by atoms with Gasteiger partial charge < -0.3 is 14.2 Å². The predicted molar refractivity (Wildman–Crippen MR) is 105 cm³/mol. The number of amides is 1. The number of carbonyl (C=O) groups is 1. The van der Waals surface area contributed by atoms with E-state index in [-0.39, 0.29) is 35.3 Å². The molecular formula is C20H20N4O5. The van der Waals surface area contributed by atoms with Crippen molar-refractivity contribution in [2.45, 2.75) is 20.4 Å². The first-order chi connectivity index (χ1) is 13.9. The van der Waals surface area contributed by atoms with E-state index in [1.807, 2.05) is 31.2 Å². The molecular weight excluding hydrogens is 376 g/mol. The first kappa shape index (κ1) is 20.0. The van der Waals surface area contributed by atoms with Crippen LogP contribution in [0.4, 0.5) is 5.69 Å². The van der Waals surface area contributed by atoms with E-state index in [2.05, 4.69) is 10.1 Å². The molecule has 9 nitrogen and oxygen atoms in total. The van der Waals surface area contributed by atoms with Gasteiger partial charge in [0.25, 0.3) is 5.91 Å². The van der Waals surface area contributed by atoms with Crippen LogP contribution in [0.25, 0.3) is 11.4 Å². The Kier molecular flexibility index (Phi) is 5.87. The summed E-state index contributed by atoms with van der Waals surface area (Å²) >= 11 is 0. The van der Waals surface area contributed by atoms with Crippen LogP contribution in [-0.2, 0) is 6.54 Å². The van der Waals surface area contributed by atoms with Gasteiger partial charge in [-0.25, -0.2) is 0 Å². The number of ether oxygens (including phenoxy) is 1. The van der Waals surface area contributed by atoms with E-state index in [4.69, 9.17) is 9.26 Å². The number of methoxy groups -OCH3 is 1. The topological polar surface area (TPSA) is 112 Å². The van der Waals surface area contributed by atoms with E-state index >= 15 is 0 Å². The van der Waals surface area contributed by atoms with Crippen LogP contribution in [0.1, 0.15) is 28.7 Å². The Morgan fingerprint density at radius 3 is 2.72 bits per heavy atom. The van der Waals surface area contributed by atoms with Crippen LogP contribution in [0.3, 0.4) is 0 Å². The van der Waals surface area contributed by atoms with E-state index in [9.17, 15) is 14.9 Å². The van der Waals surface area contributed by atoms with Gasteiger partial charge in [0.2, 0.25) is 11.7 Å². The van der Waals surface area contributed by atoms with Crippen LogP contribution in [0.5, 0.6) is 5.75 Å². The quantitative estimate of drug-likeness (QED) is 0.443. The lowest BCUT2D eigenvalue weighted by atomic mass is 10.1. The third-order valence-electron chi connectivity index (χ3n) is 4.36. The van der Waals surface area contributed by atoms with Crippen molar-refractivity contribution in [2.24, 2.45) is 0 Å². The smallest absolute Gasteiger partial charge is 0.311 e. The molecule has 9 heteroatoms. The average Bonchev–Trinajstić information content (AvgIpc) is 3.19. The number of nitro benzene ring substituents is 1. The lowest BCUT2D eigenvalue weighted by molar-refractivity contribution is -0.385. The van der Waals surface area contributed by atoms with Crippen LogP contribution < -0.4 is 4.74 Å². The highest BCUT2D eigenvalue weighted by Gasteiger charge is 2.22. The number of nitro groups is 1. The van der Waals surface area contributed by atoms with Crippen molar-refractivity contribution in [1.29, 1.82) is 0 Å². The standard InChI is InChI=1S/C20H20N4O5/c1-4-23(20(25)15-8-9-17(28-3)16(11-15)24(26)27)12-18-21-19(22-29-18)14-7-5-6-13(2)10-14/h5-11H,4,12H2,1-3H3. The van der Waals surface area contributed by atoms with Gasteiger partial charge in [-0.15, -0.1) is 0 Å². The SMILES string of the molecule is CCN(Cc1nc(-c2cccc(C)c2)no1)C(=O)c1ccc(OC)c([N+](=O)[O-])c1. The lowest BCUT2D eigenvalue weighted by Crippen LogP contribution is -2.30. The monoisotopic (exact) mass is 396 g/mol. The third kappa shape index (κ3) is 4.40. The maximum Gasteiger partial charge on any atom is 0.311 e. The summed E-state index contributed by atoms with van der Waals surface area (Å²) < 4.78 is 10.3. The van der Waals surface area contributed by atoms with E-state index in [1.54, 1.807) is 6.92 Å². The molecule has 0 fully saturated rings. The predicted octanol–water partition coefficient (Wildman–Crippen LogP) is 3.62. The molecule has 29 heavy (non-hydrogen) atoms. The number of carbonyl (C=O) groups excluding carboxylic acids is 1. The Balaban J connectivity index is 1.81. The maximum absolute atomic E-state index is 12.8. The molecule has 0 N–H and O–H groups in total. The zero-order chi connectivity index (χ0) is 21.0. The van der Waals surface area contributed by atoms with Crippen LogP contribution >= 0.6 is 0 Å². The molecule has 0 unspecified atom stereocenters. The zero-order valence-corrected chi connectivity index (χ0v) is 16.3. The van der Waals surface area contributed by atoms with Crippen molar-refractivity contribution in [2.75, 3.05) is 13.7 Å². The van der Waals surface area contributed by atoms with Crippen molar-refractivity contribution < 1.29 is 19.0 Å². The number of hydrogen-bond donors (Lipinski definition) is 0. The second kappa shape index (κ2) is 8.51. The zero-order valence-electron chi connectivity index (χ0n) is 16.3. The van der Waals surface area contributed by atoms with Gasteiger partial charge in [-0.2, -0.15) is 4.98 Å². The molecule has 0 aliphatic carbocycles. The fourth-order valence-electron chi connectivity index (χ4n) is 2.86. The second-order valence-electron chi connectivity index (χ2n) is 6.34. The summed E-state index contributed by atoms with van der Waals surface area (Å²) in [4.78, 5) is 29.3. The average molecular weight is 396 g/mol. The molecule has 3 rings (SSSR count). The molecule has 0 aliphatic heterocycles. The number of aromatic nitrogens is 2. The molecule has 0 saturated heterocycles. The highest BCUT2D eigenvalue weighted by molar-refractivity contribution is 5.95. The van der Waals surface area contributed by atoms with Gasteiger partial charge in [0.1, 0.15) is 6.54 Å². The first-order valence-electron chi connectivity index (χ1n) is 8.94. The Morgan fingerprint density at radius 2 is 2.07 bits per heavy atom. The minimum atomic E-state index is -0.585. The normalized spacial score (nSPS) is 10.6. The number of nitrogens with zero attached hydrogens (tertiary/aromatic N) is 4. The van der Waals surface area contributed by atoms with Gasteiger partial charge in [-0.05, 0) is 32.0 Å². The third-order valence-corrected chi connectivity index (χ3v) is 4.36. The van der Waals surface area contributed by atoms with Gasteiger partial charge in [0.05, 0.1) is 12.0 Å². The lowest BCUT2D eigenvalue weighted by Gasteiger charge is -2.18. The second-order valence-corrected chi connectivity index (χ2v) is 6.34. The summed E-state index contributed by atoms with van der Waals surface area (Å²) in [5.41, 5.74) is 1.80. The van der Waals surface area contributed by atoms with E-state index < -0.39 is 4.92 Å². The Bertz CT molecular complexity index is 1050. The highest BCUT2D eigenvalue weighted by atomic mass is 16.6. The highest BCUT2D eigenvalue weighted by Crippen LogP contribution is 2.28. The van der Waals surface area contributed by atoms with Crippen LogP contribution in [0, 0.1) is 17.0 Å². The molecule has 0 atom stereocenters. The fourth-order valence-corrected chi connectivity index (χ4v) is 2.86. The van der Waals surface area contributed by atoms with Crippen molar-refractivity contribution in [3.8, 4) is 17.1 Å². The minimum Gasteiger partial charge on any atom is -0.490 e. The van der Waals surface area contributed by atoms with Gasteiger partial charge in [0.15, 0.2) is 5.75 Å². The number of aryl methyl sites for hydroxylation is 1. The van der Waals surface area contributed by atoms with Crippen molar-refractivity contribution in [1.82, 2.24) is 15.0 Å². The van der Waals surface area contributed by atoms with Gasteiger partial charge in [0, 0.05) is 23.7 Å². The molecule has 0 spiro atoms. The summed E-state index contributed by atoms with van der Waals surface area (Å²) in [6, 6.07) is 11.8.